The maximum Gasteiger partial charge on any atom is 0.302 e. The Morgan fingerprint density at radius 3 is 2.75 bits per heavy atom. The number of nitrogens with zero attached hydrogens (tertiary/aromatic N) is 4. The van der Waals surface area contributed by atoms with Crippen LogP contribution in [0.15, 0.2) is 86.2 Å². The van der Waals surface area contributed by atoms with Crippen molar-refractivity contribution in [3.63, 3.8) is 0 Å². The van der Waals surface area contributed by atoms with Crippen LogP contribution in [0.3, 0.4) is 0 Å². The molecule has 1 unspecified atom stereocenters. The number of aromatic nitrogens is 3. The largest absolute Gasteiger partial charge is 0.423 e. The van der Waals surface area contributed by atoms with Gasteiger partial charge in [-0.2, -0.15) is 4.98 Å². The predicted octanol–water partition coefficient (Wildman–Crippen LogP) is 4.61. The molecule has 0 aliphatic carbocycles. The number of carbonyl (C=O) groups excluding carboxylic acids is 2. The molecule has 1 atom stereocenters. The minimum Gasteiger partial charge on any atom is -0.423 e. The van der Waals surface area contributed by atoms with Crippen LogP contribution >= 0.6 is 15.9 Å². The van der Waals surface area contributed by atoms with Gasteiger partial charge in [-0.1, -0.05) is 12.1 Å². The second kappa shape index (κ2) is 9.70. The lowest BCUT2D eigenvalue weighted by Crippen LogP contribution is -2.37. The smallest absolute Gasteiger partial charge is 0.302 e. The molecule has 4 aromatic rings. The van der Waals surface area contributed by atoms with Crippen LogP contribution in [0, 0.1) is 0 Å². The monoisotopic (exact) mass is 545 g/mol. The molecule has 3 N–H and O–H groups in total. The van der Waals surface area contributed by atoms with E-state index in [4.69, 9.17) is 9.41 Å². The first-order valence-corrected chi connectivity index (χ1v) is 11.7. The molecule has 11 heteroatoms. The first-order chi connectivity index (χ1) is 17.4. The lowest BCUT2D eigenvalue weighted by Gasteiger charge is -2.26. The van der Waals surface area contributed by atoms with Crippen molar-refractivity contribution in [1.82, 2.24) is 20.3 Å². The van der Waals surface area contributed by atoms with E-state index >= 15 is 0 Å². The molecule has 36 heavy (non-hydrogen) atoms. The topological polar surface area (TPSA) is 134 Å². The van der Waals surface area contributed by atoms with Gasteiger partial charge in [0.2, 0.25) is 5.96 Å². The van der Waals surface area contributed by atoms with Gasteiger partial charge in [0.05, 0.1) is 5.57 Å². The molecule has 4 heterocycles. The number of hydrogen-bond donors (Lipinski definition) is 3. The van der Waals surface area contributed by atoms with E-state index in [9.17, 15) is 9.59 Å². The maximum atomic E-state index is 13.5. The van der Waals surface area contributed by atoms with Gasteiger partial charge in [-0.05, 0) is 65.7 Å². The quantitative estimate of drug-likeness (QED) is 0.309. The summed E-state index contributed by atoms with van der Waals surface area (Å²) in [7, 11) is 0. The highest BCUT2D eigenvalue weighted by atomic mass is 79.9. The summed E-state index contributed by atoms with van der Waals surface area (Å²) in [5, 5.41) is 8.98. The summed E-state index contributed by atoms with van der Waals surface area (Å²) in [4.78, 5) is 42.7. The van der Waals surface area contributed by atoms with E-state index in [-0.39, 0.29) is 17.6 Å². The second-order valence-corrected chi connectivity index (χ2v) is 8.85. The van der Waals surface area contributed by atoms with Crippen LogP contribution < -0.4 is 16.0 Å². The predicted molar refractivity (Wildman–Crippen MR) is 138 cm³/mol. The van der Waals surface area contributed by atoms with Crippen molar-refractivity contribution in [2.24, 2.45) is 4.99 Å². The Bertz CT molecular complexity index is 1530. The fourth-order valence-corrected chi connectivity index (χ4v) is 4.26. The van der Waals surface area contributed by atoms with Gasteiger partial charge < -0.3 is 15.1 Å². The number of fused-ring (bicyclic) bond motifs is 1. The Labute approximate surface area is 214 Å². The van der Waals surface area contributed by atoms with Crippen molar-refractivity contribution >= 4 is 56.5 Å². The van der Waals surface area contributed by atoms with Gasteiger partial charge in [-0.15, -0.1) is 0 Å². The average Bonchev–Trinajstić information content (AvgIpc) is 3.26. The minimum atomic E-state index is -0.688. The van der Waals surface area contributed by atoms with Crippen molar-refractivity contribution < 1.29 is 14.0 Å². The lowest BCUT2D eigenvalue weighted by atomic mass is 9.96. The van der Waals surface area contributed by atoms with Crippen LogP contribution in [0.5, 0.6) is 0 Å². The number of ketones is 1. The number of pyridine rings is 2. The summed E-state index contributed by atoms with van der Waals surface area (Å²) in [6.07, 6.45) is 4.75. The van der Waals surface area contributed by atoms with Crippen LogP contribution in [-0.4, -0.2) is 32.6 Å². The fraction of sp³-hybridized carbons (Fsp3) is 0.120. The van der Waals surface area contributed by atoms with E-state index < -0.39 is 11.9 Å². The van der Waals surface area contributed by atoms with Crippen molar-refractivity contribution in [1.29, 1.82) is 0 Å². The molecular formula is C25H20BrN7O3. The first kappa shape index (κ1) is 23.4. The summed E-state index contributed by atoms with van der Waals surface area (Å²) < 4.78 is 6.45. The van der Waals surface area contributed by atoms with Crippen molar-refractivity contribution in [3.05, 3.63) is 87.9 Å². The fourth-order valence-electron chi connectivity index (χ4n) is 3.80. The van der Waals surface area contributed by atoms with Gasteiger partial charge in [0.25, 0.3) is 5.91 Å². The molecule has 0 fully saturated rings. The number of amides is 1. The van der Waals surface area contributed by atoms with Gasteiger partial charge >= 0.3 is 6.01 Å². The van der Waals surface area contributed by atoms with Crippen molar-refractivity contribution in [2.75, 3.05) is 10.6 Å². The van der Waals surface area contributed by atoms with Crippen LogP contribution in [-0.2, 0) is 4.79 Å². The molecule has 0 saturated heterocycles. The van der Waals surface area contributed by atoms with Crippen LogP contribution in [0.4, 0.5) is 11.8 Å². The number of carbonyl (C=O) groups is 2. The molecule has 0 spiro atoms. The number of nitrogens with one attached hydrogen (secondary N) is 3. The van der Waals surface area contributed by atoms with E-state index in [1.165, 1.54) is 19.2 Å². The Morgan fingerprint density at radius 2 is 1.97 bits per heavy atom. The van der Waals surface area contributed by atoms with E-state index in [1.807, 2.05) is 24.3 Å². The zero-order chi connectivity index (χ0) is 25.2. The number of rotatable bonds is 5. The van der Waals surface area contributed by atoms with E-state index in [2.05, 4.69) is 46.8 Å². The third-order valence-corrected chi connectivity index (χ3v) is 6.17. The zero-order valence-corrected chi connectivity index (χ0v) is 20.8. The highest BCUT2D eigenvalue weighted by molar-refractivity contribution is 9.10. The summed E-state index contributed by atoms with van der Waals surface area (Å²) in [6, 6.07) is 11.9. The van der Waals surface area contributed by atoms with Gasteiger partial charge in [-0.25, -0.2) is 9.98 Å². The number of para-hydroxylation sites is 2. The minimum absolute atomic E-state index is 0.124. The molecule has 10 nitrogen and oxygen atoms in total. The number of allylic oxidation sites excluding steroid dienone is 1. The summed E-state index contributed by atoms with van der Waals surface area (Å²) in [5.74, 6) is 0.0910. The maximum absolute atomic E-state index is 13.5. The summed E-state index contributed by atoms with van der Waals surface area (Å²) in [5.41, 5.74) is 3.47. The molecule has 1 amide bonds. The summed E-state index contributed by atoms with van der Waals surface area (Å²) in [6.45, 7) is 3.23. The average molecular weight is 546 g/mol. The number of anilines is 2. The SMILES string of the molecule is CC(=O)c1ccnc(NC(=O)C2=C(C)NC(Nc3nc4ccccc4o3)=NC2c2ccncc2Br)c1. The van der Waals surface area contributed by atoms with Crippen LogP contribution in [0.2, 0.25) is 0 Å². The third kappa shape index (κ3) is 4.73. The van der Waals surface area contributed by atoms with Crippen molar-refractivity contribution in [3.8, 4) is 0 Å². The number of guanidine groups is 1. The van der Waals surface area contributed by atoms with E-state index in [1.54, 1.807) is 31.5 Å². The number of benzene rings is 1. The molecule has 180 valence electrons. The number of oxazole rings is 1. The summed E-state index contributed by atoms with van der Waals surface area (Å²) >= 11 is 3.52. The van der Waals surface area contributed by atoms with Crippen LogP contribution in [0.25, 0.3) is 11.1 Å². The van der Waals surface area contributed by atoms with Gasteiger partial charge in [0.15, 0.2) is 11.4 Å². The number of Topliss-reactive ketones (excluding diaryl/α,β-unsaturated/α-hetero) is 1. The molecule has 1 aliphatic heterocycles. The third-order valence-electron chi connectivity index (χ3n) is 5.51. The van der Waals surface area contributed by atoms with Gasteiger partial charge in [0.1, 0.15) is 17.4 Å². The Morgan fingerprint density at radius 1 is 1.14 bits per heavy atom. The second-order valence-electron chi connectivity index (χ2n) is 7.99. The molecule has 3 aromatic heterocycles. The number of halogens is 1. The normalized spacial score (nSPS) is 15.3. The molecule has 5 rings (SSSR count). The first-order valence-electron chi connectivity index (χ1n) is 10.9. The molecule has 1 aliphatic rings. The standard InChI is InChI=1S/C25H20BrN7O3/c1-13-21(23(35)31-20-11-15(14(2)34)7-10-28-20)22(16-8-9-27-12-17(16)26)32-24(29-13)33-25-30-18-5-3-4-6-19(18)36-25/h3-12,22H,1-2H3,(H,28,31,35)(H2,29,30,32,33). The van der Waals surface area contributed by atoms with E-state index in [0.29, 0.717) is 38.4 Å². The molecule has 0 radical (unpaired) electrons. The highest BCUT2D eigenvalue weighted by Crippen LogP contribution is 2.35. The van der Waals surface area contributed by atoms with Crippen LogP contribution in [0.1, 0.15) is 35.8 Å². The van der Waals surface area contributed by atoms with Gasteiger partial charge in [-0.3, -0.25) is 19.9 Å². The van der Waals surface area contributed by atoms with E-state index in [0.717, 1.165) is 5.56 Å². The van der Waals surface area contributed by atoms with Gasteiger partial charge in [0, 0.05) is 34.3 Å². The Balaban J connectivity index is 1.48. The Kier molecular flexibility index (Phi) is 6.30. The van der Waals surface area contributed by atoms with Crippen molar-refractivity contribution in [2.45, 2.75) is 19.9 Å². The number of aliphatic imine (C=N–C) groups is 1. The highest BCUT2D eigenvalue weighted by Gasteiger charge is 2.31. The lowest BCUT2D eigenvalue weighted by molar-refractivity contribution is -0.113. The molecule has 0 saturated carbocycles. The zero-order valence-electron chi connectivity index (χ0n) is 19.2. The molecular weight excluding hydrogens is 526 g/mol. The Hall–Kier alpha value is -4.38. The molecule has 1 aromatic carbocycles. The number of hydrogen-bond acceptors (Lipinski definition) is 9. The molecule has 0 bridgehead atoms.